The second kappa shape index (κ2) is 6.66. The number of nitrogens with one attached hydrogen (secondary N) is 1. The van der Waals surface area contributed by atoms with E-state index in [1.165, 1.54) is 24.3 Å². The highest BCUT2D eigenvalue weighted by Crippen LogP contribution is 2.23. The minimum atomic E-state index is -3.71. The van der Waals surface area contributed by atoms with Crippen molar-refractivity contribution in [3.63, 3.8) is 0 Å². The third-order valence-corrected chi connectivity index (χ3v) is 6.37. The van der Waals surface area contributed by atoms with Crippen LogP contribution in [0.15, 0.2) is 64.4 Å². The highest BCUT2D eigenvalue weighted by atomic mass is 32.2. The molecule has 0 saturated heterocycles. The number of benzene rings is 2. The minimum Gasteiger partial charge on any atom is -0.224 e. The van der Waals surface area contributed by atoms with E-state index in [1.807, 2.05) is 44.2 Å². The molecule has 0 unspecified atom stereocenters. The summed E-state index contributed by atoms with van der Waals surface area (Å²) in [6.45, 7) is 4.14. The molecule has 0 atom stereocenters. The summed E-state index contributed by atoms with van der Waals surface area (Å²) in [5.41, 5.74) is 0.654. The molecule has 130 valence electrons. The first-order chi connectivity index (χ1) is 11.0. The summed E-state index contributed by atoms with van der Waals surface area (Å²) in [7, 11) is -7.06. The Labute approximate surface area is 143 Å². The second-order valence-corrected chi connectivity index (χ2v) is 10.1. The smallest absolute Gasteiger partial charge is 0.224 e. The summed E-state index contributed by atoms with van der Waals surface area (Å²) in [6, 6.07) is 14.8. The van der Waals surface area contributed by atoms with Gasteiger partial charge in [0.25, 0.3) is 0 Å². The third kappa shape index (κ3) is 4.43. The van der Waals surface area contributed by atoms with Gasteiger partial charge in [0.2, 0.25) is 10.0 Å². The lowest BCUT2D eigenvalue weighted by molar-refractivity contribution is 0.501. The Hall–Kier alpha value is -1.70. The number of sulfonamides is 1. The molecule has 0 saturated carbocycles. The lowest BCUT2D eigenvalue weighted by Gasteiger charge is -2.25. The van der Waals surface area contributed by atoms with Crippen molar-refractivity contribution < 1.29 is 16.8 Å². The van der Waals surface area contributed by atoms with Gasteiger partial charge in [0.1, 0.15) is 0 Å². The number of hydrogen-bond acceptors (Lipinski definition) is 4. The molecule has 2 aromatic rings. The van der Waals surface area contributed by atoms with E-state index in [4.69, 9.17) is 0 Å². The second-order valence-electron chi connectivity index (χ2n) is 6.32. The average Bonchev–Trinajstić information content (AvgIpc) is 2.53. The molecule has 0 radical (unpaired) electrons. The zero-order valence-electron chi connectivity index (χ0n) is 13.9. The van der Waals surface area contributed by atoms with Crippen molar-refractivity contribution in [1.82, 2.24) is 4.72 Å². The van der Waals surface area contributed by atoms with Crippen LogP contribution in [0.25, 0.3) is 0 Å². The largest absolute Gasteiger partial charge is 0.240 e. The fraction of sp³-hybridized carbons (Fsp3) is 0.294. The highest BCUT2D eigenvalue weighted by Gasteiger charge is 2.24. The van der Waals surface area contributed by atoms with E-state index in [9.17, 15) is 16.8 Å². The van der Waals surface area contributed by atoms with Gasteiger partial charge >= 0.3 is 0 Å². The maximum absolute atomic E-state index is 12.4. The van der Waals surface area contributed by atoms with E-state index in [0.29, 0.717) is 0 Å². The van der Waals surface area contributed by atoms with Crippen molar-refractivity contribution in [1.29, 1.82) is 0 Å². The van der Waals surface area contributed by atoms with Crippen LogP contribution in [0.4, 0.5) is 0 Å². The van der Waals surface area contributed by atoms with Gasteiger partial charge < -0.3 is 0 Å². The molecule has 5 nitrogen and oxygen atoms in total. The predicted octanol–water partition coefficient (Wildman–Crippen LogP) is 2.35. The Morgan fingerprint density at radius 3 is 1.83 bits per heavy atom. The normalized spacial score (nSPS) is 13.0. The molecule has 1 N–H and O–H groups in total. The van der Waals surface area contributed by atoms with Crippen LogP contribution in [0.5, 0.6) is 0 Å². The molecule has 0 amide bonds. The van der Waals surface area contributed by atoms with Gasteiger partial charge in [0.15, 0.2) is 9.84 Å². The van der Waals surface area contributed by atoms with E-state index in [2.05, 4.69) is 4.72 Å². The van der Waals surface area contributed by atoms with Gasteiger partial charge in [-0.05, 0) is 29.8 Å². The lowest BCUT2D eigenvalue weighted by atomic mass is 9.85. The van der Waals surface area contributed by atoms with E-state index in [0.717, 1.165) is 11.8 Å². The van der Waals surface area contributed by atoms with E-state index in [-0.39, 0.29) is 21.8 Å². The van der Waals surface area contributed by atoms with Crippen molar-refractivity contribution in [3.05, 3.63) is 60.2 Å². The molecule has 2 rings (SSSR count). The summed E-state index contributed by atoms with van der Waals surface area (Å²) in [4.78, 5) is 0.129. The molecule has 0 aliphatic rings. The number of rotatable bonds is 6. The van der Waals surface area contributed by atoms with Crippen LogP contribution < -0.4 is 4.72 Å². The summed E-state index contributed by atoms with van der Waals surface area (Å²) in [5.74, 6) is 0. The molecule has 0 fully saturated rings. The van der Waals surface area contributed by atoms with Gasteiger partial charge in [-0.15, -0.1) is 0 Å². The van der Waals surface area contributed by atoms with Crippen LogP contribution in [0, 0.1) is 0 Å². The number of sulfone groups is 1. The minimum absolute atomic E-state index is 0.0405. The quantitative estimate of drug-likeness (QED) is 0.850. The van der Waals surface area contributed by atoms with Crippen molar-refractivity contribution in [2.24, 2.45) is 0 Å². The van der Waals surface area contributed by atoms with Gasteiger partial charge in [-0.25, -0.2) is 21.6 Å². The third-order valence-electron chi connectivity index (χ3n) is 3.82. The molecule has 0 aromatic heterocycles. The molecule has 7 heteroatoms. The van der Waals surface area contributed by atoms with E-state index in [1.54, 1.807) is 0 Å². The first-order valence-electron chi connectivity index (χ1n) is 7.38. The van der Waals surface area contributed by atoms with Gasteiger partial charge in [-0.2, -0.15) is 0 Å². The van der Waals surface area contributed by atoms with Crippen molar-refractivity contribution in [2.75, 3.05) is 12.8 Å². The fourth-order valence-corrected chi connectivity index (χ4v) is 4.06. The van der Waals surface area contributed by atoms with Crippen LogP contribution in [-0.4, -0.2) is 29.6 Å². The Bertz CT molecular complexity index is 901. The molecule has 0 aliphatic heterocycles. The fourth-order valence-electron chi connectivity index (χ4n) is 2.22. The SMILES string of the molecule is CC(C)(CNS(=O)(=O)c1ccc(S(C)(=O)=O)cc1)c1ccccc1. The molecule has 24 heavy (non-hydrogen) atoms. The van der Waals surface area contributed by atoms with Crippen LogP contribution in [-0.2, 0) is 25.3 Å². The van der Waals surface area contributed by atoms with Crippen molar-refractivity contribution in [3.8, 4) is 0 Å². The first-order valence-corrected chi connectivity index (χ1v) is 10.8. The topological polar surface area (TPSA) is 80.3 Å². The van der Waals surface area contributed by atoms with E-state index >= 15 is 0 Å². The zero-order valence-corrected chi connectivity index (χ0v) is 15.5. The highest BCUT2D eigenvalue weighted by molar-refractivity contribution is 7.90. The Morgan fingerprint density at radius 2 is 1.33 bits per heavy atom. The molecule has 2 aromatic carbocycles. The summed E-state index contributed by atoms with van der Waals surface area (Å²) < 4.78 is 50.3. The molecule has 0 spiro atoms. The van der Waals surface area contributed by atoms with Crippen molar-refractivity contribution >= 4 is 19.9 Å². The summed E-state index contributed by atoms with van der Waals surface area (Å²) in [6.07, 6.45) is 1.08. The lowest BCUT2D eigenvalue weighted by Crippen LogP contribution is -2.36. The zero-order chi connectivity index (χ0) is 18.0. The average molecular weight is 367 g/mol. The monoisotopic (exact) mass is 367 g/mol. The van der Waals surface area contributed by atoms with Crippen LogP contribution in [0.3, 0.4) is 0 Å². The molecule has 0 aliphatic carbocycles. The van der Waals surface area contributed by atoms with Gasteiger partial charge in [0.05, 0.1) is 9.79 Å². The van der Waals surface area contributed by atoms with Crippen molar-refractivity contribution in [2.45, 2.75) is 29.1 Å². The molecule has 0 bridgehead atoms. The summed E-state index contributed by atoms with van der Waals surface area (Å²) in [5, 5.41) is 0. The standard InChI is InChI=1S/C17H21NO4S2/c1-17(2,14-7-5-4-6-8-14)13-18-24(21,22)16-11-9-15(10-12-16)23(3,19)20/h4-12,18H,13H2,1-3H3. The van der Waals surface area contributed by atoms with Gasteiger partial charge in [-0.3, -0.25) is 0 Å². The summed E-state index contributed by atoms with van der Waals surface area (Å²) >= 11 is 0. The van der Waals surface area contributed by atoms with Gasteiger partial charge in [0, 0.05) is 18.2 Å². The maximum atomic E-state index is 12.4. The number of hydrogen-bond donors (Lipinski definition) is 1. The van der Waals surface area contributed by atoms with Crippen LogP contribution >= 0.6 is 0 Å². The Kier molecular flexibility index (Phi) is 5.17. The molecule has 0 heterocycles. The van der Waals surface area contributed by atoms with E-state index < -0.39 is 19.9 Å². The first kappa shape index (κ1) is 18.6. The Morgan fingerprint density at radius 1 is 0.833 bits per heavy atom. The predicted molar refractivity (Wildman–Crippen MR) is 94.2 cm³/mol. The van der Waals surface area contributed by atoms with Crippen LogP contribution in [0.1, 0.15) is 19.4 Å². The van der Waals surface area contributed by atoms with Gasteiger partial charge in [-0.1, -0.05) is 44.2 Å². The van der Waals surface area contributed by atoms with Crippen LogP contribution in [0.2, 0.25) is 0 Å². The molecular weight excluding hydrogens is 346 g/mol. The maximum Gasteiger partial charge on any atom is 0.240 e. The molecular formula is C17H21NO4S2. The Balaban J connectivity index is 2.17.